The van der Waals surface area contributed by atoms with E-state index in [1.807, 2.05) is 12.1 Å². The highest BCUT2D eigenvalue weighted by atomic mass is 35.5. The van der Waals surface area contributed by atoms with E-state index in [0.29, 0.717) is 0 Å². The Balaban J connectivity index is 1.51. The summed E-state index contributed by atoms with van der Waals surface area (Å²) in [6, 6.07) is 49.8. The molecular weight excluding hydrogens is 520 g/mol. The zero-order valence-electron chi connectivity index (χ0n) is 22.1. The van der Waals surface area contributed by atoms with Gasteiger partial charge in [0.15, 0.2) is 0 Å². The Labute approximate surface area is 243 Å². The number of hydrogen-bond donors (Lipinski definition) is 0. The molecule has 41 heavy (non-hydrogen) atoms. The van der Waals surface area contributed by atoms with Gasteiger partial charge in [-0.3, -0.25) is 0 Å². The van der Waals surface area contributed by atoms with Crippen LogP contribution in [0.4, 0.5) is 0 Å². The maximum absolute atomic E-state index is 7.03. The summed E-state index contributed by atoms with van der Waals surface area (Å²) in [4.78, 5) is 0. The third-order valence-corrected chi connectivity index (χ3v) is 9.33. The average Bonchev–Trinajstić information content (AvgIpc) is 3.32. The Morgan fingerprint density at radius 3 is 1.63 bits per heavy atom. The fourth-order valence-electron chi connectivity index (χ4n) is 7.36. The first kappa shape index (κ1) is 22.9. The molecule has 0 fully saturated rings. The number of hydrogen-bond acceptors (Lipinski definition) is 1. The van der Waals surface area contributed by atoms with E-state index in [1.54, 1.807) is 0 Å². The highest BCUT2D eigenvalue weighted by Gasteiger charge is 2.52. The summed E-state index contributed by atoms with van der Waals surface area (Å²) in [5.41, 5.74) is 8.96. The molecule has 2 aliphatic rings. The summed E-state index contributed by atoms with van der Waals surface area (Å²) >= 11 is 6.84. The predicted molar refractivity (Wildman–Crippen MR) is 169 cm³/mol. The van der Waals surface area contributed by atoms with Crippen LogP contribution in [-0.2, 0) is 5.41 Å². The summed E-state index contributed by atoms with van der Waals surface area (Å²) in [7, 11) is 0. The van der Waals surface area contributed by atoms with Crippen LogP contribution >= 0.6 is 11.6 Å². The molecule has 0 amide bonds. The van der Waals surface area contributed by atoms with E-state index in [9.17, 15) is 0 Å². The average molecular weight is 543 g/mol. The molecule has 7 aromatic carbocycles. The molecule has 0 bridgehead atoms. The number of rotatable bonds is 1. The van der Waals surface area contributed by atoms with E-state index in [1.165, 1.54) is 44.2 Å². The lowest BCUT2D eigenvalue weighted by molar-refractivity contribution is 0.447. The van der Waals surface area contributed by atoms with Crippen LogP contribution in [0.2, 0.25) is 5.02 Å². The lowest BCUT2D eigenvalue weighted by atomic mass is 9.65. The van der Waals surface area contributed by atoms with Gasteiger partial charge < -0.3 is 4.74 Å². The van der Waals surface area contributed by atoms with E-state index < -0.39 is 5.41 Å². The van der Waals surface area contributed by atoms with Gasteiger partial charge in [0.2, 0.25) is 0 Å². The van der Waals surface area contributed by atoms with Gasteiger partial charge in [-0.25, -0.2) is 0 Å². The third-order valence-electron chi connectivity index (χ3n) is 9.00. The Kier molecular flexibility index (Phi) is 4.66. The molecule has 0 N–H and O–H groups in total. The van der Waals surface area contributed by atoms with Crippen molar-refractivity contribution in [3.05, 3.63) is 167 Å². The molecule has 1 heterocycles. The SMILES string of the molecule is Clc1ccccc1-c1cccc2c1-c1ccccc1C21c2ccc3ccccc3c2Oc2c1ccc1ccccc21. The highest BCUT2D eigenvalue weighted by Crippen LogP contribution is 2.65. The molecule has 2 heteroatoms. The van der Waals surface area contributed by atoms with Crippen molar-refractivity contribution in [3.8, 4) is 33.8 Å². The van der Waals surface area contributed by atoms with E-state index in [0.717, 1.165) is 38.4 Å². The van der Waals surface area contributed by atoms with Gasteiger partial charge >= 0.3 is 0 Å². The lowest BCUT2D eigenvalue weighted by Gasteiger charge is -2.40. The summed E-state index contributed by atoms with van der Waals surface area (Å²) in [6.07, 6.45) is 0. The molecule has 1 nitrogen and oxygen atoms in total. The molecule has 1 aliphatic heterocycles. The van der Waals surface area contributed by atoms with Crippen molar-refractivity contribution < 1.29 is 4.74 Å². The standard InChI is InChI=1S/C39H23ClO/c40-35-19-8-6-14-28(35)29-16-9-18-32-36(29)30-15-5-7-17-31(30)39(32)33-22-20-24-10-1-3-12-26(24)37(33)41-38-27-13-4-2-11-25(27)21-23-34(38)39/h1-23H. The summed E-state index contributed by atoms with van der Waals surface area (Å²) in [5.74, 6) is 1.86. The van der Waals surface area contributed by atoms with Crippen molar-refractivity contribution in [2.45, 2.75) is 5.41 Å². The van der Waals surface area contributed by atoms with E-state index in [4.69, 9.17) is 16.3 Å². The fraction of sp³-hybridized carbons (Fsp3) is 0.0256. The van der Waals surface area contributed by atoms with E-state index >= 15 is 0 Å². The smallest absolute Gasteiger partial charge is 0.140 e. The summed E-state index contributed by atoms with van der Waals surface area (Å²) < 4.78 is 7.03. The molecule has 0 saturated heterocycles. The van der Waals surface area contributed by atoms with Crippen LogP contribution in [0, 0.1) is 0 Å². The first-order valence-electron chi connectivity index (χ1n) is 14.0. The van der Waals surface area contributed by atoms with Gasteiger partial charge in [0.25, 0.3) is 0 Å². The van der Waals surface area contributed by atoms with Gasteiger partial charge in [-0.1, -0.05) is 145 Å². The minimum absolute atomic E-state index is 0.555. The van der Waals surface area contributed by atoms with Crippen molar-refractivity contribution in [2.24, 2.45) is 0 Å². The number of ether oxygens (including phenoxy) is 1. The molecule has 9 rings (SSSR count). The molecule has 1 aliphatic carbocycles. The van der Waals surface area contributed by atoms with Crippen molar-refractivity contribution in [2.75, 3.05) is 0 Å². The van der Waals surface area contributed by atoms with Crippen LogP contribution in [0.1, 0.15) is 22.3 Å². The first-order valence-corrected chi connectivity index (χ1v) is 14.3. The van der Waals surface area contributed by atoms with Gasteiger partial charge in [-0.2, -0.15) is 0 Å². The molecule has 1 spiro atoms. The van der Waals surface area contributed by atoms with Crippen molar-refractivity contribution in [1.82, 2.24) is 0 Å². The van der Waals surface area contributed by atoms with E-state index in [2.05, 4.69) is 127 Å². The van der Waals surface area contributed by atoms with Gasteiger partial charge in [-0.15, -0.1) is 0 Å². The van der Waals surface area contributed by atoms with Crippen molar-refractivity contribution in [3.63, 3.8) is 0 Å². The lowest BCUT2D eigenvalue weighted by Crippen LogP contribution is -2.32. The van der Waals surface area contributed by atoms with Gasteiger partial charge in [0, 0.05) is 32.5 Å². The van der Waals surface area contributed by atoms with Gasteiger partial charge in [0.05, 0.1) is 5.41 Å². The minimum Gasteiger partial charge on any atom is -0.455 e. The zero-order valence-corrected chi connectivity index (χ0v) is 22.8. The molecule has 0 aromatic heterocycles. The summed E-state index contributed by atoms with van der Waals surface area (Å²) in [5, 5.41) is 5.33. The molecule has 0 radical (unpaired) electrons. The minimum atomic E-state index is -0.555. The normalized spacial score (nSPS) is 13.9. The van der Waals surface area contributed by atoms with Crippen LogP contribution in [0.3, 0.4) is 0 Å². The third kappa shape index (κ3) is 2.91. The molecule has 0 atom stereocenters. The van der Waals surface area contributed by atoms with Crippen LogP contribution in [-0.4, -0.2) is 0 Å². The largest absolute Gasteiger partial charge is 0.455 e. The maximum Gasteiger partial charge on any atom is 0.140 e. The number of fused-ring (bicyclic) bond motifs is 13. The first-order chi connectivity index (χ1) is 20.3. The van der Waals surface area contributed by atoms with Crippen LogP contribution in [0.25, 0.3) is 43.8 Å². The second-order valence-electron chi connectivity index (χ2n) is 10.9. The van der Waals surface area contributed by atoms with Crippen LogP contribution in [0.15, 0.2) is 140 Å². The second-order valence-corrected chi connectivity index (χ2v) is 11.3. The molecule has 0 saturated carbocycles. The van der Waals surface area contributed by atoms with Crippen molar-refractivity contribution in [1.29, 1.82) is 0 Å². The fourth-order valence-corrected chi connectivity index (χ4v) is 7.59. The second kappa shape index (κ2) is 8.33. The van der Waals surface area contributed by atoms with Crippen molar-refractivity contribution >= 4 is 33.1 Å². The molecule has 7 aromatic rings. The predicted octanol–water partition coefficient (Wildman–Crippen LogP) is 10.8. The highest BCUT2D eigenvalue weighted by molar-refractivity contribution is 6.33. The Hall–Kier alpha value is -4.85. The monoisotopic (exact) mass is 542 g/mol. The van der Waals surface area contributed by atoms with Gasteiger partial charge in [-0.05, 0) is 44.7 Å². The Bertz CT molecular complexity index is 2120. The maximum atomic E-state index is 7.03. The molecular formula is C39H23ClO. The number of halogens is 1. The summed E-state index contributed by atoms with van der Waals surface area (Å²) in [6.45, 7) is 0. The Morgan fingerprint density at radius 1 is 0.415 bits per heavy atom. The quantitative estimate of drug-likeness (QED) is 0.200. The van der Waals surface area contributed by atoms with Crippen LogP contribution < -0.4 is 4.74 Å². The Morgan fingerprint density at radius 2 is 0.951 bits per heavy atom. The molecule has 0 unspecified atom stereocenters. The van der Waals surface area contributed by atoms with Crippen LogP contribution in [0.5, 0.6) is 11.5 Å². The molecule has 192 valence electrons. The zero-order chi connectivity index (χ0) is 27.1. The van der Waals surface area contributed by atoms with Gasteiger partial charge in [0.1, 0.15) is 11.5 Å². The topological polar surface area (TPSA) is 9.23 Å². The number of benzene rings is 7. The van der Waals surface area contributed by atoms with E-state index in [-0.39, 0.29) is 0 Å².